The van der Waals surface area contributed by atoms with E-state index in [2.05, 4.69) is 249 Å². The Labute approximate surface area is 398 Å². The molecular weight excluding hydrogens is 893 g/mol. The number of aromatic nitrogens is 1. The molecule has 2 nitrogen and oxygen atoms in total. The van der Waals surface area contributed by atoms with Gasteiger partial charge in [-0.05, 0) is 145 Å². The molecule has 1 aliphatic rings. The Hall–Kier alpha value is -4.75. The first-order chi connectivity index (χ1) is 29.8. The van der Waals surface area contributed by atoms with Crippen LogP contribution in [-0.2, 0) is 21.7 Å². The van der Waals surface area contributed by atoms with E-state index >= 15 is 4.32 Å². The maximum atomic E-state index is 18.7. The molecular formula is C59H67BFIN2. The summed E-state index contributed by atoms with van der Waals surface area (Å²) in [6, 6.07) is 42.0. The fourth-order valence-corrected chi connectivity index (χ4v) is 10.4. The summed E-state index contributed by atoms with van der Waals surface area (Å²) in [7, 11) is -1.77. The van der Waals surface area contributed by atoms with Crippen LogP contribution < -0.4 is 0 Å². The molecule has 0 unspecified atom stereocenters. The van der Waals surface area contributed by atoms with Gasteiger partial charge in [0.05, 0.1) is 5.71 Å². The summed E-state index contributed by atoms with van der Waals surface area (Å²) in [5.41, 5.74) is 19.7. The van der Waals surface area contributed by atoms with Gasteiger partial charge in [0.2, 0.25) is 0 Å². The molecule has 0 atom stereocenters. The summed E-state index contributed by atoms with van der Waals surface area (Å²) < 4.78 is 21.5. The predicted molar refractivity (Wildman–Crippen MR) is 285 cm³/mol. The smallest absolute Gasteiger partial charge is 0.333 e. The average molecular weight is 961 g/mol. The first-order valence-electron chi connectivity index (χ1n) is 22.9. The van der Waals surface area contributed by atoms with Crippen molar-refractivity contribution in [3.05, 3.63) is 186 Å². The van der Waals surface area contributed by atoms with Gasteiger partial charge < -0.3 is 4.48 Å². The van der Waals surface area contributed by atoms with E-state index in [0.29, 0.717) is 5.71 Å². The zero-order chi connectivity index (χ0) is 46.8. The van der Waals surface area contributed by atoms with Crippen LogP contribution in [0.4, 0.5) is 4.32 Å². The molecule has 5 heteroatoms. The zero-order valence-electron chi connectivity index (χ0n) is 41.2. The molecule has 6 aromatic rings. The highest BCUT2D eigenvalue weighted by molar-refractivity contribution is 14.1. The predicted octanol–water partition coefficient (Wildman–Crippen LogP) is 16.9. The van der Waals surface area contributed by atoms with Crippen LogP contribution in [0, 0.1) is 20.8 Å². The minimum atomic E-state index is -1.77. The van der Waals surface area contributed by atoms with Crippen LogP contribution in [0.3, 0.4) is 0 Å². The van der Waals surface area contributed by atoms with Crippen molar-refractivity contribution in [3.8, 4) is 22.4 Å². The van der Waals surface area contributed by atoms with Crippen LogP contribution >= 0.6 is 22.6 Å². The second-order valence-corrected chi connectivity index (χ2v) is 23.3. The van der Waals surface area contributed by atoms with Crippen molar-refractivity contribution in [3.63, 3.8) is 0 Å². The Morgan fingerprint density at radius 1 is 0.484 bits per heavy atom. The molecule has 2 heterocycles. The minimum Gasteiger partial charge on any atom is -0.333 e. The van der Waals surface area contributed by atoms with E-state index in [-0.39, 0.29) is 21.7 Å². The first kappa shape index (κ1) is 47.2. The van der Waals surface area contributed by atoms with Crippen LogP contribution in [-0.4, -0.2) is 17.4 Å². The quantitative estimate of drug-likeness (QED) is 0.121. The lowest BCUT2D eigenvalue weighted by Gasteiger charge is -2.25. The molecule has 0 saturated carbocycles. The number of rotatable bonds is 5. The van der Waals surface area contributed by atoms with Crippen molar-refractivity contribution in [2.75, 3.05) is 0 Å². The number of aryl methyl sites for hydroxylation is 3. The molecule has 1 aliphatic heterocycles. The summed E-state index contributed by atoms with van der Waals surface area (Å²) in [4.78, 5) is 5.25. The van der Waals surface area contributed by atoms with Crippen LogP contribution in [0.1, 0.15) is 151 Å². The first-order valence-corrected chi connectivity index (χ1v) is 23.9. The highest BCUT2D eigenvalue weighted by Crippen LogP contribution is 2.48. The maximum Gasteiger partial charge on any atom is 0.611 e. The lowest BCUT2D eigenvalue weighted by Crippen LogP contribution is -2.23. The van der Waals surface area contributed by atoms with Gasteiger partial charge in [-0.15, -0.1) is 0 Å². The number of hydrogen-bond acceptors (Lipinski definition) is 1. The van der Waals surface area contributed by atoms with Crippen molar-refractivity contribution in [1.82, 2.24) is 4.48 Å². The number of halogens is 2. The molecule has 7 rings (SSSR count). The van der Waals surface area contributed by atoms with Crippen LogP contribution in [0.25, 0.3) is 33.5 Å². The van der Waals surface area contributed by atoms with Gasteiger partial charge in [0, 0.05) is 31.7 Å². The molecule has 1 aromatic heterocycles. The van der Waals surface area contributed by atoms with Gasteiger partial charge in [-0.2, -0.15) is 0 Å². The fraction of sp³-hybridized carbons (Fsp3) is 0.339. The summed E-state index contributed by atoms with van der Waals surface area (Å²) in [6.07, 6.45) is 0. The van der Waals surface area contributed by atoms with Crippen molar-refractivity contribution in [2.45, 2.75) is 132 Å². The van der Waals surface area contributed by atoms with Gasteiger partial charge >= 0.3 is 7.26 Å². The van der Waals surface area contributed by atoms with E-state index < -0.39 is 7.26 Å². The van der Waals surface area contributed by atoms with Crippen molar-refractivity contribution < 1.29 is 4.32 Å². The number of hydrogen-bond donors (Lipinski definition) is 0. The topological polar surface area (TPSA) is 17.3 Å². The van der Waals surface area contributed by atoms with Gasteiger partial charge in [-0.25, -0.2) is 0 Å². The SMILES string of the molecule is CC1=C(c2c(C)cc(C)cc2C)c2c(-c3ccc(C(C)(C)C)cc3)cc(-c3ccc(C(C)(C)C)cc3)n2B(F)N=C(c2ccc(C(C)(C)C)cc2)C(I)=C1c1ccc(C(C)(C)C)cc1. The number of allylic oxidation sites excluding steroid dienone is 3. The highest BCUT2D eigenvalue weighted by Gasteiger charge is 2.36. The lowest BCUT2D eigenvalue weighted by molar-refractivity contribution is 0.590. The van der Waals surface area contributed by atoms with E-state index in [1.807, 2.05) is 4.48 Å². The monoisotopic (exact) mass is 960 g/mol. The van der Waals surface area contributed by atoms with Crippen molar-refractivity contribution in [1.29, 1.82) is 0 Å². The van der Waals surface area contributed by atoms with Crippen LogP contribution in [0.15, 0.2) is 129 Å². The molecule has 5 aromatic carbocycles. The van der Waals surface area contributed by atoms with Gasteiger partial charge in [-0.1, -0.05) is 198 Å². The maximum absolute atomic E-state index is 18.7. The number of nitrogens with zero attached hydrogens (tertiary/aromatic N) is 2. The van der Waals surface area contributed by atoms with Gasteiger partial charge in [0.25, 0.3) is 0 Å². The van der Waals surface area contributed by atoms with Crippen molar-refractivity contribution >= 4 is 46.7 Å². The second-order valence-electron chi connectivity index (χ2n) is 22.2. The average Bonchev–Trinajstić information content (AvgIpc) is 3.61. The Kier molecular flexibility index (Phi) is 12.7. The molecule has 0 N–H and O–H groups in total. The van der Waals surface area contributed by atoms with E-state index in [0.717, 1.165) is 76.2 Å². The fourth-order valence-electron chi connectivity index (χ4n) is 9.23. The normalized spacial score (nSPS) is 14.3. The van der Waals surface area contributed by atoms with E-state index in [9.17, 15) is 0 Å². The Morgan fingerprint density at radius 3 is 1.27 bits per heavy atom. The van der Waals surface area contributed by atoms with E-state index in [1.54, 1.807) is 0 Å². The van der Waals surface area contributed by atoms with Crippen LogP contribution in [0.2, 0.25) is 0 Å². The standard InChI is InChI=1S/C59H67BFIN2/c1-36-33-37(2)50(38(3)34-36)52-39(4)51(42-21-29-46(30-22-42)58(11,12)13)53(62)54(43-23-31-47(32-24-43)59(14,15)16)63-60(61)64-49(41-19-27-45(28-20-41)57(8,9)10)35-48(55(52)64)40-17-25-44(26-18-40)56(5,6)7/h17-35H,1-16H3. The molecule has 0 aliphatic carbocycles. The lowest BCUT2D eigenvalue weighted by atomic mass is 9.81. The third-order valence-electron chi connectivity index (χ3n) is 13.0. The zero-order valence-corrected chi connectivity index (χ0v) is 43.4. The molecule has 0 radical (unpaired) electrons. The largest absolute Gasteiger partial charge is 0.611 e. The van der Waals surface area contributed by atoms with Crippen LogP contribution in [0.5, 0.6) is 0 Å². The van der Waals surface area contributed by atoms with Crippen molar-refractivity contribution in [2.24, 2.45) is 4.90 Å². The highest BCUT2D eigenvalue weighted by atomic mass is 127. The Morgan fingerprint density at radius 2 is 0.859 bits per heavy atom. The molecule has 0 amide bonds. The molecule has 0 fully saturated rings. The number of fused-ring (bicyclic) bond motifs is 1. The van der Waals surface area contributed by atoms with Gasteiger partial charge in [0.15, 0.2) is 0 Å². The molecule has 0 bridgehead atoms. The summed E-state index contributed by atoms with van der Waals surface area (Å²) in [6.45, 7) is 35.7. The third kappa shape index (κ3) is 9.34. The summed E-state index contributed by atoms with van der Waals surface area (Å²) >= 11 is 2.47. The summed E-state index contributed by atoms with van der Waals surface area (Å²) in [5, 5.41) is 0. The Bertz CT molecular complexity index is 2780. The number of benzene rings is 5. The minimum absolute atomic E-state index is 0.0206. The molecule has 64 heavy (non-hydrogen) atoms. The van der Waals surface area contributed by atoms with E-state index in [4.69, 9.17) is 4.90 Å². The third-order valence-corrected chi connectivity index (χ3v) is 14.0. The molecule has 0 saturated heterocycles. The Balaban J connectivity index is 1.69. The van der Waals surface area contributed by atoms with E-state index in [1.165, 1.54) is 27.8 Å². The molecule has 330 valence electrons. The summed E-state index contributed by atoms with van der Waals surface area (Å²) in [5.74, 6) is 0. The second kappa shape index (κ2) is 17.2. The van der Waals surface area contributed by atoms with Gasteiger partial charge in [0.1, 0.15) is 0 Å². The van der Waals surface area contributed by atoms with Gasteiger partial charge in [-0.3, -0.25) is 9.22 Å². The molecule has 0 spiro atoms.